The molecule has 0 fully saturated rings. The highest BCUT2D eigenvalue weighted by molar-refractivity contribution is 5.92. The highest BCUT2D eigenvalue weighted by atomic mass is 19.1. The van der Waals surface area contributed by atoms with Crippen LogP contribution in [-0.4, -0.2) is 5.91 Å². The Morgan fingerprint density at radius 3 is 2.65 bits per heavy atom. The van der Waals surface area contributed by atoms with Crippen LogP contribution in [0.2, 0.25) is 0 Å². The molecule has 2 aromatic carbocycles. The van der Waals surface area contributed by atoms with Gasteiger partial charge in [0.25, 0.3) is 0 Å². The fraction of sp³-hybridized carbons (Fsp3) is 0.133. The lowest BCUT2D eigenvalue weighted by Gasteiger charge is -2.11. The molecule has 0 saturated heterocycles. The SMILES string of the molecule is Cc1cc(N)ccc1OCc1cc(C(N)=O)ccc1F. The number of aryl methyl sites for hydroxylation is 1. The summed E-state index contributed by atoms with van der Waals surface area (Å²) in [6.07, 6.45) is 0. The van der Waals surface area contributed by atoms with Crippen molar-refractivity contribution in [1.29, 1.82) is 0 Å². The van der Waals surface area contributed by atoms with Gasteiger partial charge in [-0.1, -0.05) is 0 Å². The smallest absolute Gasteiger partial charge is 0.248 e. The summed E-state index contributed by atoms with van der Waals surface area (Å²) in [4.78, 5) is 11.1. The summed E-state index contributed by atoms with van der Waals surface area (Å²) in [5, 5.41) is 0. The van der Waals surface area contributed by atoms with Crippen LogP contribution < -0.4 is 16.2 Å². The van der Waals surface area contributed by atoms with Crippen LogP contribution in [0.25, 0.3) is 0 Å². The molecule has 0 aromatic heterocycles. The molecule has 5 heteroatoms. The maximum Gasteiger partial charge on any atom is 0.248 e. The van der Waals surface area contributed by atoms with Crippen LogP contribution in [-0.2, 0) is 6.61 Å². The van der Waals surface area contributed by atoms with Gasteiger partial charge in [-0.25, -0.2) is 4.39 Å². The van der Waals surface area contributed by atoms with Crippen molar-refractivity contribution in [3.05, 3.63) is 58.9 Å². The summed E-state index contributed by atoms with van der Waals surface area (Å²) in [6.45, 7) is 1.86. The number of hydrogen-bond donors (Lipinski definition) is 2. The van der Waals surface area contributed by atoms with Gasteiger partial charge in [0.05, 0.1) is 0 Å². The Morgan fingerprint density at radius 2 is 2.00 bits per heavy atom. The Morgan fingerprint density at radius 1 is 1.25 bits per heavy atom. The molecular formula is C15H15FN2O2. The predicted octanol–water partition coefficient (Wildman–Crippen LogP) is 2.39. The molecule has 2 rings (SSSR count). The molecule has 0 saturated carbocycles. The highest BCUT2D eigenvalue weighted by Crippen LogP contribution is 2.22. The molecule has 0 aliphatic rings. The van der Waals surface area contributed by atoms with E-state index in [1.807, 2.05) is 6.92 Å². The largest absolute Gasteiger partial charge is 0.489 e. The molecule has 0 unspecified atom stereocenters. The van der Waals surface area contributed by atoms with E-state index < -0.39 is 11.7 Å². The normalized spacial score (nSPS) is 10.3. The minimum Gasteiger partial charge on any atom is -0.489 e. The molecule has 104 valence electrons. The summed E-state index contributed by atoms with van der Waals surface area (Å²) in [5.74, 6) is -0.430. The molecule has 0 heterocycles. The highest BCUT2D eigenvalue weighted by Gasteiger charge is 2.08. The number of nitrogens with two attached hydrogens (primary N) is 2. The Balaban J connectivity index is 2.18. The van der Waals surface area contributed by atoms with Gasteiger partial charge >= 0.3 is 0 Å². The van der Waals surface area contributed by atoms with E-state index in [4.69, 9.17) is 16.2 Å². The predicted molar refractivity (Wildman–Crippen MR) is 74.8 cm³/mol. The zero-order valence-electron chi connectivity index (χ0n) is 11.0. The first-order valence-corrected chi connectivity index (χ1v) is 6.04. The van der Waals surface area contributed by atoms with Gasteiger partial charge in [-0.15, -0.1) is 0 Å². The van der Waals surface area contributed by atoms with Gasteiger partial charge in [-0.2, -0.15) is 0 Å². The number of carbonyl (C=O) groups excluding carboxylic acids is 1. The molecule has 0 aliphatic heterocycles. The zero-order valence-corrected chi connectivity index (χ0v) is 11.0. The average Bonchev–Trinajstić information content (AvgIpc) is 2.39. The van der Waals surface area contributed by atoms with Crippen molar-refractivity contribution in [2.45, 2.75) is 13.5 Å². The standard InChI is InChI=1S/C15H15FN2O2/c1-9-6-12(17)3-5-14(9)20-8-11-7-10(15(18)19)2-4-13(11)16/h2-7H,8,17H2,1H3,(H2,18,19). The summed E-state index contributed by atoms with van der Waals surface area (Å²) in [5.41, 5.74) is 12.8. The molecule has 20 heavy (non-hydrogen) atoms. The second-order valence-corrected chi connectivity index (χ2v) is 4.48. The van der Waals surface area contributed by atoms with Gasteiger partial charge in [-0.3, -0.25) is 4.79 Å². The molecule has 0 radical (unpaired) electrons. The van der Waals surface area contributed by atoms with Crippen molar-refractivity contribution in [2.24, 2.45) is 5.73 Å². The third kappa shape index (κ3) is 3.06. The van der Waals surface area contributed by atoms with Gasteiger partial charge in [-0.05, 0) is 48.9 Å². The number of nitrogen functional groups attached to an aromatic ring is 1. The van der Waals surface area contributed by atoms with Gasteiger partial charge in [0.2, 0.25) is 5.91 Å². The van der Waals surface area contributed by atoms with Gasteiger partial charge in [0, 0.05) is 16.8 Å². The molecule has 0 bridgehead atoms. The molecule has 2 aromatic rings. The lowest BCUT2D eigenvalue weighted by Crippen LogP contribution is -2.12. The van der Waals surface area contributed by atoms with E-state index in [2.05, 4.69) is 0 Å². The second kappa shape index (κ2) is 5.61. The number of carbonyl (C=O) groups is 1. The van der Waals surface area contributed by atoms with Crippen LogP contribution in [0.3, 0.4) is 0 Å². The van der Waals surface area contributed by atoms with Gasteiger partial charge in [0.15, 0.2) is 0 Å². The number of benzene rings is 2. The Kier molecular flexibility index (Phi) is 3.89. The number of amides is 1. The van der Waals surface area contributed by atoms with Crippen LogP contribution in [0.4, 0.5) is 10.1 Å². The maximum atomic E-state index is 13.6. The summed E-state index contributed by atoms with van der Waals surface area (Å²) >= 11 is 0. The minimum absolute atomic E-state index is 0.0116. The van der Waals surface area contributed by atoms with E-state index in [-0.39, 0.29) is 17.7 Å². The quantitative estimate of drug-likeness (QED) is 0.840. The number of ether oxygens (including phenoxy) is 1. The maximum absolute atomic E-state index is 13.6. The molecule has 1 amide bonds. The molecule has 4 nitrogen and oxygen atoms in total. The van der Waals surface area contributed by atoms with Crippen molar-refractivity contribution < 1.29 is 13.9 Å². The number of rotatable bonds is 4. The first kappa shape index (κ1) is 13.9. The van der Waals surface area contributed by atoms with E-state index in [9.17, 15) is 9.18 Å². The first-order chi connectivity index (χ1) is 9.47. The van der Waals surface area contributed by atoms with Crippen molar-refractivity contribution in [3.63, 3.8) is 0 Å². The summed E-state index contributed by atoms with van der Waals surface area (Å²) < 4.78 is 19.2. The van der Waals surface area contributed by atoms with Crippen molar-refractivity contribution in [3.8, 4) is 5.75 Å². The van der Waals surface area contributed by atoms with Crippen LogP contribution in [0.15, 0.2) is 36.4 Å². The second-order valence-electron chi connectivity index (χ2n) is 4.48. The van der Waals surface area contributed by atoms with Crippen LogP contribution >= 0.6 is 0 Å². The summed E-state index contributed by atoms with van der Waals surface area (Å²) in [6, 6.07) is 9.14. The Labute approximate surface area is 116 Å². The van der Waals surface area contributed by atoms with Crippen molar-refractivity contribution in [1.82, 2.24) is 0 Å². The molecule has 4 N–H and O–H groups in total. The van der Waals surface area contributed by atoms with Gasteiger partial charge in [0.1, 0.15) is 18.2 Å². The van der Waals surface area contributed by atoms with Crippen LogP contribution in [0.1, 0.15) is 21.5 Å². The third-order valence-corrected chi connectivity index (χ3v) is 2.91. The minimum atomic E-state index is -0.602. The van der Waals surface area contributed by atoms with Gasteiger partial charge < -0.3 is 16.2 Å². The number of primary amides is 1. The first-order valence-electron chi connectivity index (χ1n) is 6.04. The Bertz CT molecular complexity index is 656. The Hall–Kier alpha value is -2.56. The molecule has 0 atom stereocenters. The third-order valence-electron chi connectivity index (χ3n) is 2.91. The van der Waals surface area contributed by atoms with Crippen molar-refractivity contribution in [2.75, 3.05) is 5.73 Å². The average molecular weight is 274 g/mol. The monoisotopic (exact) mass is 274 g/mol. The molecular weight excluding hydrogens is 259 g/mol. The summed E-state index contributed by atoms with van der Waals surface area (Å²) in [7, 11) is 0. The molecule has 0 aliphatic carbocycles. The fourth-order valence-corrected chi connectivity index (χ4v) is 1.83. The lowest BCUT2D eigenvalue weighted by atomic mass is 10.1. The topological polar surface area (TPSA) is 78.3 Å². The fourth-order valence-electron chi connectivity index (χ4n) is 1.83. The van der Waals surface area contributed by atoms with E-state index in [1.54, 1.807) is 18.2 Å². The van der Waals surface area contributed by atoms with Crippen LogP contribution in [0, 0.1) is 12.7 Å². The number of halogens is 1. The number of anilines is 1. The zero-order chi connectivity index (χ0) is 14.7. The van der Waals surface area contributed by atoms with E-state index in [1.165, 1.54) is 18.2 Å². The van der Waals surface area contributed by atoms with E-state index >= 15 is 0 Å². The van der Waals surface area contributed by atoms with Crippen LogP contribution in [0.5, 0.6) is 5.75 Å². The number of hydrogen-bond acceptors (Lipinski definition) is 3. The van der Waals surface area contributed by atoms with Crippen molar-refractivity contribution >= 4 is 11.6 Å². The van der Waals surface area contributed by atoms with E-state index in [0.717, 1.165) is 5.56 Å². The molecule has 0 spiro atoms. The van der Waals surface area contributed by atoms with E-state index in [0.29, 0.717) is 11.4 Å². The lowest BCUT2D eigenvalue weighted by molar-refractivity contribution is 0.1000.